The molecule has 9 nitrogen and oxygen atoms in total. The first kappa shape index (κ1) is 13.9. The Kier molecular flexibility index (Phi) is 3.83. The summed E-state index contributed by atoms with van der Waals surface area (Å²) in [6.07, 6.45) is -6.03. The van der Waals surface area contributed by atoms with Crippen molar-refractivity contribution in [3.63, 3.8) is 0 Å². The fourth-order valence-electron chi connectivity index (χ4n) is 1.94. The summed E-state index contributed by atoms with van der Waals surface area (Å²) in [6, 6.07) is 1.04. The Balaban J connectivity index is 2.38. The molecule has 0 aliphatic carbocycles. The van der Waals surface area contributed by atoms with Crippen molar-refractivity contribution in [2.45, 2.75) is 30.6 Å². The van der Waals surface area contributed by atoms with Gasteiger partial charge in [0.1, 0.15) is 24.4 Å². The zero-order valence-corrected chi connectivity index (χ0v) is 9.71. The first-order chi connectivity index (χ1) is 8.95. The lowest BCUT2D eigenvalue weighted by molar-refractivity contribution is -0.252. The zero-order valence-electron chi connectivity index (χ0n) is 9.71. The van der Waals surface area contributed by atoms with E-state index in [-0.39, 0.29) is 0 Å². The molecular weight excluding hydrogens is 260 g/mol. The molecule has 0 radical (unpaired) electrons. The molecule has 9 heteroatoms. The molecule has 0 spiro atoms. The molecule has 0 saturated carbocycles. The van der Waals surface area contributed by atoms with Gasteiger partial charge in [0, 0.05) is 12.3 Å². The van der Waals surface area contributed by atoms with Crippen LogP contribution in [-0.2, 0) is 4.74 Å². The normalized spacial score (nSPS) is 35.3. The third kappa shape index (κ3) is 2.46. The van der Waals surface area contributed by atoms with Gasteiger partial charge in [0.15, 0.2) is 6.23 Å². The molecule has 2 heterocycles. The first-order valence-corrected chi connectivity index (χ1v) is 5.57. The Hall–Kier alpha value is -1.52. The van der Waals surface area contributed by atoms with Crippen LogP contribution >= 0.6 is 0 Å². The minimum atomic E-state index is -1.59. The number of aromatic nitrogens is 2. The highest BCUT2D eigenvalue weighted by atomic mass is 16.6. The Morgan fingerprint density at radius 3 is 2.47 bits per heavy atom. The molecule has 1 aromatic rings. The van der Waals surface area contributed by atoms with Gasteiger partial charge in [0.05, 0.1) is 6.61 Å². The molecule has 0 bridgehead atoms. The smallest absolute Gasteiger partial charge is 0.330 e. The van der Waals surface area contributed by atoms with Gasteiger partial charge in [0.2, 0.25) is 0 Å². The standard InChI is InChI=1S/C10H14N2O7/c13-3-4-6(15)7(16)8(17)9(19-4)12-2-1-5(14)11-10(12)18/h1-2,4,6-9,13,15-17H,3H2,(H,11,14,18)/t4-,6-,7-,8-,9-/m1/s1. The lowest BCUT2D eigenvalue weighted by Gasteiger charge is -2.40. The molecule has 0 unspecified atom stereocenters. The van der Waals surface area contributed by atoms with E-state index >= 15 is 0 Å². The molecule has 1 aliphatic rings. The number of nitrogens with one attached hydrogen (secondary N) is 1. The number of nitrogens with zero attached hydrogens (tertiary/aromatic N) is 1. The number of aliphatic hydroxyl groups excluding tert-OH is 4. The van der Waals surface area contributed by atoms with Crippen LogP contribution in [0.5, 0.6) is 0 Å². The number of hydrogen-bond donors (Lipinski definition) is 5. The number of aromatic amines is 1. The highest BCUT2D eigenvalue weighted by molar-refractivity contribution is 4.93. The lowest BCUT2D eigenvalue weighted by atomic mass is 9.98. The summed E-state index contributed by atoms with van der Waals surface area (Å²) in [7, 11) is 0. The van der Waals surface area contributed by atoms with Crippen LogP contribution in [0.25, 0.3) is 0 Å². The van der Waals surface area contributed by atoms with Gasteiger partial charge in [-0.25, -0.2) is 4.79 Å². The molecule has 2 rings (SSSR count). The number of ether oxygens (including phenoxy) is 1. The Morgan fingerprint density at radius 2 is 1.89 bits per heavy atom. The van der Waals surface area contributed by atoms with Crippen LogP contribution in [0.2, 0.25) is 0 Å². The van der Waals surface area contributed by atoms with Gasteiger partial charge < -0.3 is 25.2 Å². The zero-order chi connectivity index (χ0) is 14.2. The van der Waals surface area contributed by atoms with Crippen molar-refractivity contribution in [2.75, 3.05) is 6.61 Å². The molecule has 1 saturated heterocycles. The van der Waals surface area contributed by atoms with Gasteiger partial charge in [-0.05, 0) is 0 Å². The topological polar surface area (TPSA) is 145 Å². The van der Waals surface area contributed by atoms with Crippen LogP contribution in [0, 0.1) is 0 Å². The van der Waals surface area contributed by atoms with E-state index in [1.54, 1.807) is 0 Å². The SMILES string of the molecule is O=c1ccn([C@@H]2O[C@H](CO)[C@@H](O)[C@@H](O)[C@H]2O)c(=O)[nH]1. The monoisotopic (exact) mass is 274 g/mol. The van der Waals surface area contributed by atoms with Gasteiger partial charge in [-0.15, -0.1) is 0 Å². The van der Waals surface area contributed by atoms with E-state index < -0.39 is 48.5 Å². The second-order valence-corrected chi connectivity index (χ2v) is 4.24. The van der Waals surface area contributed by atoms with Crippen molar-refractivity contribution in [1.82, 2.24) is 9.55 Å². The fraction of sp³-hybridized carbons (Fsp3) is 0.600. The maximum absolute atomic E-state index is 11.6. The van der Waals surface area contributed by atoms with Crippen molar-refractivity contribution in [3.8, 4) is 0 Å². The average molecular weight is 274 g/mol. The molecule has 1 aromatic heterocycles. The van der Waals surface area contributed by atoms with Crippen LogP contribution < -0.4 is 11.2 Å². The molecule has 106 valence electrons. The van der Waals surface area contributed by atoms with Gasteiger partial charge in [0.25, 0.3) is 5.56 Å². The highest BCUT2D eigenvalue weighted by Crippen LogP contribution is 2.26. The summed E-state index contributed by atoms with van der Waals surface area (Å²) in [5.41, 5.74) is -1.46. The summed E-state index contributed by atoms with van der Waals surface area (Å²) in [5, 5.41) is 38.0. The van der Waals surface area contributed by atoms with Crippen LogP contribution in [0.1, 0.15) is 6.23 Å². The van der Waals surface area contributed by atoms with E-state index in [0.29, 0.717) is 0 Å². The van der Waals surface area contributed by atoms with Crippen molar-refractivity contribution in [3.05, 3.63) is 33.1 Å². The molecule has 0 aromatic carbocycles. The number of aliphatic hydroxyl groups is 4. The molecule has 1 aliphatic heterocycles. The number of H-pyrrole nitrogens is 1. The largest absolute Gasteiger partial charge is 0.394 e. The van der Waals surface area contributed by atoms with Crippen molar-refractivity contribution < 1.29 is 25.2 Å². The fourth-order valence-corrected chi connectivity index (χ4v) is 1.94. The summed E-state index contributed by atoms with van der Waals surface area (Å²) >= 11 is 0. The van der Waals surface area contributed by atoms with Crippen LogP contribution in [0.4, 0.5) is 0 Å². The number of rotatable bonds is 2. The van der Waals surface area contributed by atoms with Gasteiger partial charge in [-0.2, -0.15) is 0 Å². The predicted octanol–water partition coefficient (Wildman–Crippen LogP) is -3.49. The van der Waals surface area contributed by atoms with Crippen molar-refractivity contribution in [2.24, 2.45) is 0 Å². The van der Waals surface area contributed by atoms with Gasteiger partial charge >= 0.3 is 5.69 Å². The van der Waals surface area contributed by atoms with Crippen LogP contribution in [0.3, 0.4) is 0 Å². The van der Waals surface area contributed by atoms with Gasteiger partial charge in [-0.3, -0.25) is 14.3 Å². The van der Waals surface area contributed by atoms with E-state index in [9.17, 15) is 24.9 Å². The second kappa shape index (κ2) is 5.23. The molecule has 1 fully saturated rings. The summed E-state index contributed by atoms with van der Waals surface area (Å²) in [5.74, 6) is 0. The molecular formula is C10H14N2O7. The lowest BCUT2D eigenvalue weighted by Crippen LogP contribution is -2.57. The Labute approximate surface area is 106 Å². The highest BCUT2D eigenvalue weighted by Gasteiger charge is 2.44. The second-order valence-electron chi connectivity index (χ2n) is 4.24. The van der Waals surface area contributed by atoms with E-state index in [2.05, 4.69) is 0 Å². The van der Waals surface area contributed by atoms with E-state index in [4.69, 9.17) is 9.84 Å². The average Bonchev–Trinajstić information content (AvgIpc) is 2.38. The summed E-state index contributed by atoms with van der Waals surface area (Å²) < 4.78 is 6.03. The predicted molar refractivity (Wildman–Crippen MR) is 60.3 cm³/mol. The third-order valence-electron chi connectivity index (χ3n) is 2.99. The minimum absolute atomic E-state index is 0.598. The van der Waals surface area contributed by atoms with Crippen molar-refractivity contribution >= 4 is 0 Å². The maximum atomic E-state index is 11.6. The molecule has 19 heavy (non-hydrogen) atoms. The molecule has 5 N–H and O–H groups in total. The molecule has 5 atom stereocenters. The maximum Gasteiger partial charge on any atom is 0.330 e. The third-order valence-corrected chi connectivity index (χ3v) is 2.99. The van der Waals surface area contributed by atoms with Crippen LogP contribution in [0.15, 0.2) is 21.9 Å². The minimum Gasteiger partial charge on any atom is -0.394 e. The van der Waals surface area contributed by atoms with Crippen molar-refractivity contribution in [1.29, 1.82) is 0 Å². The van der Waals surface area contributed by atoms with E-state index in [1.807, 2.05) is 4.98 Å². The summed E-state index contributed by atoms with van der Waals surface area (Å²) in [4.78, 5) is 24.5. The summed E-state index contributed by atoms with van der Waals surface area (Å²) in [6.45, 7) is -0.598. The van der Waals surface area contributed by atoms with E-state index in [1.165, 1.54) is 0 Å². The quantitative estimate of drug-likeness (QED) is 0.376. The Morgan fingerprint density at radius 1 is 1.21 bits per heavy atom. The Bertz CT molecular complexity index is 551. The van der Waals surface area contributed by atoms with Gasteiger partial charge in [-0.1, -0.05) is 0 Å². The molecule has 0 amide bonds. The van der Waals surface area contributed by atoms with Crippen LogP contribution in [-0.4, -0.2) is 61.0 Å². The van der Waals surface area contributed by atoms with E-state index in [0.717, 1.165) is 16.8 Å². The number of hydrogen-bond acceptors (Lipinski definition) is 7. The first-order valence-electron chi connectivity index (χ1n) is 5.57.